The maximum absolute atomic E-state index is 11.6. The molecule has 34 heavy (non-hydrogen) atoms. The van der Waals surface area contributed by atoms with Gasteiger partial charge in [0, 0.05) is 18.6 Å². The molecule has 0 aliphatic heterocycles. The zero-order valence-corrected chi connectivity index (χ0v) is 20.3. The average Bonchev–Trinajstić information content (AvgIpc) is 2.79. The summed E-state index contributed by atoms with van der Waals surface area (Å²) in [5.74, 6) is 0.436. The number of nitro benzene ring substituents is 1. The van der Waals surface area contributed by atoms with Gasteiger partial charge in [0.15, 0.2) is 0 Å². The molecule has 2 aromatic rings. The zero-order chi connectivity index (χ0) is 24.8. The van der Waals surface area contributed by atoms with E-state index < -0.39 is 13.5 Å². The molecule has 0 aliphatic rings. The van der Waals surface area contributed by atoms with Gasteiger partial charge in [0.05, 0.1) is 29.5 Å². The number of carbonyl (C=O) groups excluding carboxylic acids is 1. The molecule has 2 rings (SSSR count). The third kappa shape index (κ3) is 11.6. The number of hydrogen-bond acceptors (Lipinski definition) is 9. The summed E-state index contributed by atoms with van der Waals surface area (Å²) in [6, 6.07) is 13.3. The van der Waals surface area contributed by atoms with Gasteiger partial charge in [-0.15, -0.1) is 0 Å². The number of benzene rings is 2. The number of azo groups is 1. The lowest BCUT2D eigenvalue weighted by atomic mass is 10.2. The second kappa shape index (κ2) is 14.2. The van der Waals surface area contributed by atoms with E-state index in [2.05, 4.69) is 10.2 Å². The maximum Gasteiger partial charge on any atom is 0.329 e. The molecule has 0 aliphatic carbocycles. The maximum atomic E-state index is 11.6. The predicted octanol–water partition coefficient (Wildman–Crippen LogP) is 5.33. The fourth-order valence-corrected chi connectivity index (χ4v) is 3.79. The molecule has 0 saturated heterocycles. The first-order chi connectivity index (χ1) is 16.2. The number of non-ortho nitro benzene ring substituents is 1. The van der Waals surface area contributed by atoms with Gasteiger partial charge in [-0.3, -0.25) is 14.9 Å². The Morgan fingerprint density at radius 2 is 1.47 bits per heavy atom. The van der Waals surface area contributed by atoms with Gasteiger partial charge in [-0.05, 0) is 81.1 Å². The number of esters is 1. The Kier molecular flexibility index (Phi) is 11.3. The van der Waals surface area contributed by atoms with Crippen LogP contribution < -0.4 is 4.74 Å². The number of rotatable bonds is 15. The summed E-state index contributed by atoms with van der Waals surface area (Å²) in [5.41, 5.74) is 1.18. The van der Waals surface area contributed by atoms with Crippen molar-refractivity contribution in [3.8, 4) is 5.75 Å². The van der Waals surface area contributed by atoms with Gasteiger partial charge in [-0.2, -0.15) is 10.2 Å². The molecule has 0 radical (unpaired) electrons. The highest BCUT2D eigenvalue weighted by Gasteiger charge is 2.21. The van der Waals surface area contributed by atoms with E-state index in [-0.39, 0.29) is 24.1 Å². The second-order valence-electron chi connectivity index (χ2n) is 8.02. The van der Waals surface area contributed by atoms with Crippen LogP contribution in [-0.4, -0.2) is 42.3 Å². The lowest BCUT2D eigenvalue weighted by Gasteiger charge is -2.10. The summed E-state index contributed by atoms with van der Waals surface area (Å²) in [6.45, 7) is 2.38. The number of unbranched alkanes of at least 4 members (excludes halogenated alkanes) is 3. The summed E-state index contributed by atoms with van der Waals surface area (Å²) in [7, 11) is -3.08. The van der Waals surface area contributed by atoms with Crippen LogP contribution in [0.2, 0.25) is 12.6 Å². The van der Waals surface area contributed by atoms with Crippen LogP contribution in [0.3, 0.4) is 0 Å². The van der Waals surface area contributed by atoms with Crippen LogP contribution in [0.25, 0.3) is 0 Å². The Bertz CT molecular complexity index is 929. The number of nitrogens with zero attached hydrogens (tertiary/aromatic N) is 3. The summed E-state index contributed by atoms with van der Waals surface area (Å²) in [5, 5.41) is 18.8. The van der Waals surface area contributed by atoms with Gasteiger partial charge < -0.3 is 19.1 Å². The molecule has 0 unspecified atom stereocenters. The number of ether oxygens (including phenoxy) is 2. The van der Waals surface area contributed by atoms with Crippen molar-refractivity contribution in [1.29, 1.82) is 0 Å². The quantitative estimate of drug-likeness (QED) is 0.0859. The standard InChI is InChI=1S/C23H31N3O7Si/c1-34(30,31)18-6-7-23(27)33-17-5-3-2-4-16-32-22-14-10-20(11-15-22)25-24-19-8-12-21(13-9-19)26(28)29/h8-15,30-31H,2-7,16-18H2,1H3. The van der Waals surface area contributed by atoms with Crippen LogP contribution in [0, 0.1) is 10.1 Å². The molecule has 11 heteroatoms. The van der Waals surface area contributed by atoms with Crippen LogP contribution in [-0.2, 0) is 9.53 Å². The van der Waals surface area contributed by atoms with Crippen molar-refractivity contribution in [2.45, 2.75) is 51.1 Å². The molecule has 2 aromatic carbocycles. The van der Waals surface area contributed by atoms with Crippen LogP contribution in [0.4, 0.5) is 17.1 Å². The van der Waals surface area contributed by atoms with Crippen molar-refractivity contribution in [2.24, 2.45) is 10.2 Å². The summed E-state index contributed by atoms with van der Waals surface area (Å²) in [4.78, 5) is 40.4. The molecule has 0 atom stereocenters. The Morgan fingerprint density at radius 1 is 0.912 bits per heavy atom. The smallest absolute Gasteiger partial charge is 0.329 e. The third-order valence-corrected chi connectivity index (χ3v) is 6.08. The van der Waals surface area contributed by atoms with Crippen LogP contribution in [0.15, 0.2) is 58.8 Å². The fraction of sp³-hybridized carbons (Fsp3) is 0.435. The first-order valence-corrected chi connectivity index (χ1v) is 13.8. The van der Waals surface area contributed by atoms with Crippen molar-refractivity contribution >= 4 is 31.6 Å². The Balaban J connectivity index is 1.55. The number of carbonyl (C=O) groups is 1. The zero-order valence-electron chi connectivity index (χ0n) is 19.3. The van der Waals surface area contributed by atoms with Gasteiger partial charge in [0.2, 0.25) is 0 Å². The highest BCUT2D eigenvalue weighted by Crippen LogP contribution is 2.23. The monoisotopic (exact) mass is 489 g/mol. The first-order valence-electron chi connectivity index (χ1n) is 11.2. The highest BCUT2D eigenvalue weighted by molar-refractivity contribution is 6.63. The molecule has 0 bridgehead atoms. The Hall–Kier alpha value is -3.15. The van der Waals surface area contributed by atoms with E-state index in [0.29, 0.717) is 31.0 Å². The van der Waals surface area contributed by atoms with E-state index in [4.69, 9.17) is 9.47 Å². The second-order valence-corrected chi connectivity index (χ2v) is 11.0. The van der Waals surface area contributed by atoms with Crippen molar-refractivity contribution in [2.75, 3.05) is 13.2 Å². The highest BCUT2D eigenvalue weighted by atomic mass is 28.4. The molecule has 0 heterocycles. The topological polar surface area (TPSA) is 144 Å². The molecule has 0 saturated carbocycles. The van der Waals surface area contributed by atoms with Gasteiger partial charge >= 0.3 is 14.5 Å². The lowest BCUT2D eigenvalue weighted by Crippen LogP contribution is -2.29. The lowest BCUT2D eigenvalue weighted by molar-refractivity contribution is -0.384. The van der Waals surface area contributed by atoms with Gasteiger partial charge in [-0.25, -0.2) is 0 Å². The van der Waals surface area contributed by atoms with Crippen molar-refractivity contribution in [3.05, 3.63) is 58.6 Å². The van der Waals surface area contributed by atoms with Crippen molar-refractivity contribution in [1.82, 2.24) is 0 Å². The van der Waals surface area contributed by atoms with Crippen LogP contribution >= 0.6 is 0 Å². The molecule has 184 valence electrons. The van der Waals surface area contributed by atoms with Gasteiger partial charge in [0.1, 0.15) is 5.75 Å². The van der Waals surface area contributed by atoms with Gasteiger partial charge in [0.25, 0.3) is 5.69 Å². The van der Waals surface area contributed by atoms with Crippen LogP contribution in [0.1, 0.15) is 38.5 Å². The average molecular weight is 490 g/mol. The molecule has 10 nitrogen and oxygen atoms in total. The van der Waals surface area contributed by atoms with E-state index in [0.717, 1.165) is 31.4 Å². The molecule has 0 aromatic heterocycles. The molecular weight excluding hydrogens is 458 g/mol. The van der Waals surface area contributed by atoms with Gasteiger partial charge in [-0.1, -0.05) is 0 Å². The largest absolute Gasteiger partial charge is 0.494 e. The normalized spacial score (nSPS) is 11.5. The molecular formula is C23H31N3O7Si. The van der Waals surface area contributed by atoms with E-state index in [1.807, 2.05) is 12.1 Å². The summed E-state index contributed by atoms with van der Waals surface area (Å²) in [6.07, 6.45) is 4.21. The molecule has 0 spiro atoms. The van der Waals surface area contributed by atoms with Crippen molar-refractivity contribution in [3.63, 3.8) is 0 Å². The first kappa shape index (κ1) is 27.1. The predicted molar refractivity (Wildman–Crippen MR) is 129 cm³/mol. The third-order valence-electron chi connectivity index (χ3n) is 4.78. The minimum absolute atomic E-state index is 0.00656. The van der Waals surface area contributed by atoms with E-state index in [9.17, 15) is 24.5 Å². The number of hydrogen-bond donors (Lipinski definition) is 2. The number of nitro groups is 1. The summed E-state index contributed by atoms with van der Waals surface area (Å²) >= 11 is 0. The molecule has 2 N–H and O–H groups in total. The molecule has 0 fully saturated rings. The Labute approximate surface area is 199 Å². The SMILES string of the molecule is C[Si](O)(O)CCCC(=O)OCCCCCCOc1ccc(N=Nc2ccc([N+](=O)[O-])cc2)cc1. The van der Waals surface area contributed by atoms with Crippen molar-refractivity contribution < 1.29 is 28.8 Å². The van der Waals surface area contributed by atoms with Crippen LogP contribution in [0.5, 0.6) is 5.75 Å². The van der Waals surface area contributed by atoms with E-state index >= 15 is 0 Å². The minimum Gasteiger partial charge on any atom is -0.494 e. The van der Waals surface area contributed by atoms with E-state index in [1.54, 1.807) is 12.1 Å². The minimum atomic E-state index is -3.08. The molecule has 0 amide bonds. The van der Waals surface area contributed by atoms with E-state index in [1.165, 1.54) is 30.8 Å². The summed E-state index contributed by atoms with van der Waals surface area (Å²) < 4.78 is 10.9. The fourth-order valence-electron chi connectivity index (χ4n) is 2.94. The Morgan fingerprint density at radius 3 is 2.03 bits per heavy atom.